The van der Waals surface area contributed by atoms with Gasteiger partial charge in [-0.15, -0.1) is 0 Å². The summed E-state index contributed by atoms with van der Waals surface area (Å²) in [6, 6.07) is 4.20. The average molecular weight is 559 g/mol. The van der Waals surface area contributed by atoms with Gasteiger partial charge in [-0.05, 0) is 61.6 Å². The van der Waals surface area contributed by atoms with Crippen molar-refractivity contribution in [2.75, 3.05) is 35.2 Å². The van der Waals surface area contributed by atoms with Gasteiger partial charge in [0.05, 0.1) is 29.5 Å². The number of aryl methyl sites for hydroxylation is 1. The lowest BCUT2D eigenvalue weighted by Crippen LogP contribution is -2.45. The van der Waals surface area contributed by atoms with Crippen LogP contribution in [0.1, 0.15) is 32.1 Å². The van der Waals surface area contributed by atoms with E-state index in [0.29, 0.717) is 52.8 Å². The van der Waals surface area contributed by atoms with E-state index in [2.05, 4.69) is 20.6 Å². The smallest absolute Gasteiger partial charge is 0.301 e. The number of aliphatic hydroxyl groups is 1. The van der Waals surface area contributed by atoms with Crippen molar-refractivity contribution in [2.24, 2.45) is 18.4 Å². The van der Waals surface area contributed by atoms with Gasteiger partial charge in [0.2, 0.25) is 11.7 Å². The second kappa shape index (κ2) is 8.66. The van der Waals surface area contributed by atoms with E-state index in [1.165, 1.54) is 10.8 Å². The number of pyridine rings is 1. The van der Waals surface area contributed by atoms with Crippen molar-refractivity contribution in [3.05, 3.63) is 39.8 Å². The van der Waals surface area contributed by atoms with Crippen LogP contribution in [0.5, 0.6) is 5.75 Å². The summed E-state index contributed by atoms with van der Waals surface area (Å²) in [6.07, 6.45) is 5.51. The minimum absolute atomic E-state index is 0.106. The Morgan fingerprint density at radius 3 is 2.82 bits per heavy atom. The van der Waals surface area contributed by atoms with E-state index < -0.39 is 30.2 Å². The van der Waals surface area contributed by atoms with Gasteiger partial charge in [-0.25, -0.2) is 13.8 Å². The van der Waals surface area contributed by atoms with Gasteiger partial charge in [0, 0.05) is 31.2 Å². The monoisotopic (exact) mass is 558 g/mol. The first-order chi connectivity index (χ1) is 18.6. The van der Waals surface area contributed by atoms with E-state index >= 15 is 0 Å². The van der Waals surface area contributed by atoms with Crippen LogP contribution in [0.4, 0.5) is 31.9 Å². The van der Waals surface area contributed by atoms with Crippen LogP contribution in [0.15, 0.2) is 29.2 Å². The Hall–Kier alpha value is -3.18. The number of alkyl halides is 2. The largest absolute Gasteiger partial charge is 0.480 e. The maximum atomic E-state index is 14.9. The lowest BCUT2D eigenvalue weighted by Gasteiger charge is -2.36. The molecular formula is C27H29ClF2N6O3. The Kier molecular flexibility index (Phi) is 5.51. The van der Waals surface area contributed by atoms with Crippen molar-refractivity contribution in [3.8, 4) is 5.75 Å². The molecule has 2 atom stereocenters. The fourth-order valence-corrected chi connectivity index (χ4v) is 6.20. The molecule has 0 amide bonds. The molecule has 9 nitrogen and oxygen atoms in total. The van der Waals surface area contributed by atoms with E-state index in [9.17, 15) is 18.7 Å². The molecule has 1 aromatic carbocycles. The van der Waals surface area contributed by atoms with Crippen LogP contribution in [0.25, 0.3) is 10.9 Å². The number of hydrogen-bond donors (Lipinski definition) is 3. The molecule has 2 aliphatic carbocycles. The normalized spacial score (nSPS) is 25.0. The molecule has 4 aliphatic rings. The van der Waals surface area contributed by atoms with Crippen molar-refractivity contribution >= 4 is 45.6 Å². The summed E-state index contributed by atoms with van der Waals surface area (Å²) in [5.41, 5.74) is 1.13. The van der Waals surface area contributed by atoms with Gasteiger partial charge in [-0.2, -0.15) is 4.98 Å². The molecule has 1 saturated heterocycles. The third-order valence-electron chi connectivity index (χ3n) is 8.47. The van der Waals surface area contributed by atoms with Gasteiger partial charge in [0.1, 0.15) is 5.02 Å². The Labute approximate surface area is 228 Å². The van der Waals surface area contributed by atoms with Crippen LogP contribution < -0.4 is 25.8 Å². The number of aliphatic hydroxyl groups excluding tert-OH is 1. The molecule has 206 valence electrons. The molecule has 3 fully saturated rings. The molecule has 0 bridgehead atoms. The van der Waals surface area contributed by atoms with Crippen LogP contribution in [0.3, 0.4) is 0 Å². The summed E-state index contributed by atoms with van der Waals surface area (Å²) in [4.78, 5) is 24.1. The second-order valence-corrected chi connectivity index (χ2v) is 11.9. The van der Waals surface area contributed by atoms with Gasteiger partial charge in [-0.3, -0.25) is 4.79 Å². The van der Waals surface area contributed by atoms with Crippen LogP contribution in [-0.4, -0.2) is 57.4 Å². The number of fused-ring (bicyclic) bond motifs is 3. The summed E-state index contributed by atoms with van der Waals surface area (Å²) in [5.74, 6) is -2.53. The maximum Gasteiger partial charge on any atom is 0.301 e. The Morgan fingerprint density at radius 1 is 1.28 bits per heavy atom. The van der Waals surface area contributed by atoms with Crippen LogP contribution in [0.2, 0.25) is 5.02 Å². The molecule has 1 spiro atoms. The Balaban J connectivity index is 1.25. The summed E-state index contributed by atoms with van der Waals surface area (Å²) in [7, 11) is 1.59. The third kappa shape index (κ3) is 4.35. The first-order valence-electron chi connectivity index (χ1n) is 13.3. The number of rotatable bonds is 4. The average Bonchev–Trinajstić information content (AvgIpc) is 3.83. The van der Waals surface area contributed by atoms with E-state index in [0.717, 1.165) is 25.8 Å². The lowest BCUT2D eigenvalue weighted by atomic mass is 9.93. The van der Waals surface area contributed by atoms with Crippen molar-refractivity contribution in [1.82, 2.24) is 14.5 Å². The molecule has 39 heavy (non-hydrogen) atoms. The molecule has 7 rings (SSSR count). The zero-order valence-electron chi connectivity index (χ0n) is 21.4. The van der Waals surface area contributed by atoms with Crippen LogP contribution in [-0.2, 0) is 7.05 Å². The topological polar surface area (TPSA) is 105 Å². The van der Waals surface area contributed by atoms with E-state index in [1.807, 2.05) is 4.90 Å². The van der Waals surface area contributed by atoms with Gasteiger partial charge >= 0.3 is 5.92 Å². The number of β-amino-alcohol motifs (C(OH)–C–C–N with tert-alkyl or cyclic N) is 1. The second-order valence-electron chi connectivity index (χ2n) is 11.5. The van der Waals surface area contributed by atoms with E-state index in [-0.39, 0.29) is 22.8 Å². The highest BCUT2D eigenvalue weighted by Crippen LogP contribution is 2.52. The summed E-state index contributed by atoms with van der Waals surface area (Å²) in [5, 5.41) is 17.5. The van der Waals surface area contributed by atoms with Gasteiger partial charge < -0.3 is 29.9 Å². The highest BCUT2D eigenvalue weighted by molar-refractivity contribution is 6.33. The van der Waals surface area contributed by atoms with Crippen LogP contribution in [0, 0.1) is 11.3 Å². The predicted octanol–water partition coefficient (Wildman–Crippen LogP) is 4.29. The first kappa shape index (κ1) is 24.8. The van der Waals surface area contributed by atoms with Crippen molar-refractivity contribution < 1.29 is 18.6 Å². The number of aromatic nitrogens is 3. The van der Waals surface area contributed by atoms with Crippen molar-refractivity contribution in [3.63, 3.8) is 0 Å². The predicted molar refractivity (Wildman–Crippen MR) is 145 cm³/mol. The number of ether oxygens (including phenoxy) is 1. The maximum absolute atomic E-state index is 14.9. The first-order valence-corrected chi connectivity index (χ1v) is 13.7. The third-order valence-corrected chi connectivity index (χ3v) is 8.75. The zero-order valence-corrected chi connectivity index (χ0v) is 22.1. The number of nitrogens with one attached hydrogen (secondary N) is 2. The molecule has 2 aromatic heterocycles. The van der Waals surface area contributed by atoms with Gasteiger partial charge in [-0.1, -0.05) is 11.6 Å². The van der Waals surface area contributed by atoms with Crippen molar-refractivity contribution in [1.29, 1.82) is 0 Å². The standard InChI is InChI=1S/C27H29ClF2N6O3/c1-35-19-5-4-15(8-17(19)20-21(24(35)38)39-13-27(29,30)22(33-20)14-2-3-14)32-23-18(28)10-31-25(34-23)36-11-16(37)9-26(12-36)6-7-26/h4-5,8,10,14,16,22,33,37H,2-3,6-7,9,11-13H2,1H3,(H,31,32,34)/t16-,22-/m0/s1. The Bertz CT molecular complexity index is 1540. The number of halogens is 3. The van der Waals surface area contributed by atoms with Crippen LogP contribution >= 0.6 is 11.6 Å². The minimum Gasteiger partial charge on any atom is -0.480 e. The number of piperidine rings is 1. The summed E-state index contributed by atoms with van der Waals surface area (Å²) in [6.45, 7) is 0.399. The number of hydrogen-bond acceptors (Lipinski definition) is 8. The minimum atomic E-state index is -3.11. The molecular weight excluding hydrogens is 530 g/mol. The van der Waals surface area contributed by atoms with Crippen molar-refractivity contribution in [2.45, 2.75) is 50.2 Å². The summed E-state index contributed by atoms with van der Waals surface area (Å²) < 4.78 is 36.7. The molecule has 12 heteroatoms. The molecule has 3 N–H and O–H groups in total. The fraction of sp³-hybridized carbons (Fsp3) is 0.519. The molecule has 0 radical (unpaired) electrons. The lowest BCUT2D eigenvalue weighted by molar-refractivity contribution is -0.0579. The summed E-state index contributed by atoms with van der Waals surface area (Å²) >= 11 is 6.46. The number of nitrogens with zero attached hydrogens (tertiary/aromatic N) is 4. The SMILES string of the molecule is Cn1c(=O)c2c(c3cc(Nc4nc(N5C[C@@H](O)CC6(CC6)C5)ncc4Cl)ccc31)N[C@@H](C1CC1)C(F)(F)CO2. The highest BCUT2D eigenvalue weighted by Gasteiger charge is 2.51. The number of anilines is 4. The van der Waals surface area contributed by atoms with Gasteiger partial charge in [0.15, 0.2) is 12.4 Å². The zero-order chi connectivity index (χ0) is 27.1. The van der Waals surface area contributed by atoms with Gasteiger partial charge in [0.25, 0.3) is 5.56 Å². The Morgan fingerprint density at radius 2 is 2.08 bits per heavy atom. The fourth-order valence-electron chi connectivity index (χ4n) is 6.06. The molecule has 3 aromatic rings. The highest BCUT2D eigenvalue weighted by atomic mass is 35.5. The molecule has 2 aliphatic heterocycles. The van der Waals surface area contributed by atoms with E-state index in [1.54, 1.807) is 25.2 Å². The number of benzene rings is 1. The quantitative estimate of drug-likeness (QED) is 0.435. The molecule has 0 unspecified atom stereocenters. The van der Waals surface area contributed by atoms with E-state index in [4.69, 9.17) is 16.3 Å². The molecule has 2 saturated carbocycles. The molecule has 4 heterocycles.